The van der Waals surface area contributed by atoms with Crippen LogP contribution in [0, 0.1) is 5.92 Å². The SMILES string of the molecule is O=C(Cn1c2c(sc1=O)[C@H](c1ccco1)C1C(=O)N(c3ccc(Cl)cc3)C(=O)C1S2)Nc1cccc2ccccc12. The molecule has 1 fully saturated rings. The van der Waals surface area contributed by atoms with Gasteiger partial charge in [0.25, 0.3) is 0 Å². The Morgan fingerprint density at radius 3 is 2.49 bits per heavy atom. The fourth-order valence-corrected chi connectivity index (χ4v) is 8.42. The molecule has 1 saturated heterocycles. The first-order valence-corrected chi connectivity index (χ1v) is 14.8. The number of rotatable bonds is 5. The maximum atomic E-state index is 13.8. The number of nitrogens with zero attached hydrogens (tertiary/aromatic N) is 2. The van der Waals surface area contributed by atoms with Crippen molar-refractivity contribution in [2.24, 2.45) is 5.92 Å². The zero-order valence-corrected chi connectivity index (χ0v) is 23.5. The van der Waals surface area contributed by atoms with Crippen molar-refractivity contribution in [1.29, 1.82) is 0 Å². The summed E-state index contributed by atoms with van der Waals surface area (Å²) in [6, 6.07) is 23.3. The normalized spacial score (nSPS) is 19.8. The predicted molar refractivity (Wildman–Crippen MR) is 159 cm³/mol. The van der Waals surface area contributed by atoms with Gasteiger partial charge in [-0.25, -0.2) is 4.90 Å². The molecule has 5 aromatic rings. The Bertz CT molecular complexity index is 1890. The van der Waals surface area contributed by atoms with E-state index in [1.165, 1.54) is 15.7 Å². The number of fused-ring (bicyclic) bond motifs is 3. The number of hydrogen-bond donors (Lipinski definition) is 1. The molecule has 0 spiro atoms. The van der Waals surface area contributed by atoms with Gasteiger partial charge in [0.15, 0.2) is 0 Å². The molecule has 3 atom stereocenters. The lowest BCUT2D eigenvalue weighted by molar-refractivity contribution is -0.122. The van der Waals surface area contributed by atoms with E-state index in [0.717, 1.165) is 33.9 Å². The molecule has 11 heteroatoms. The fraction of sp³-hybridized carbons (Fsp3) is 0.133. The highest BCUT2D eigenvalue weighted by Crippen LogP contribution is 2.54. The highest BCUT2D eigenvalue weighted by molar-refractivity contribution is 8.00. The third-order valence-corrected chi connectivity index (χ3v) is 10.2. The molecule has 204 valence electrons. The zero-order valence-electron chi connectivity index (χ0n) is 21.2. The minimum atomic E-state index is -0.804. The van der Waals surface area contributed by atoms with Crippen LogP contribution in [0.2, 0.25) is 5.02 Å². The van der Waals surface area contributed by atoms with Gasteiger partial charge in [-0.15, -0.1) is 0 Å². The summed E-state index contributed by atoms with van der Waals surface area (Å²) in [5, 5.41) is 4.97. The van der Waals surface area contributed by atoms with E-state index in [9.17, 15) is 19.2 Å². The van der Waals surface area contributed by atoms with Crippen molar-refractivity contribution in [1.82, 2.24) is 4.57 Å². The summed E-state index contributed by atoms with van der Waals surface area (Å²) in [5.74, 6) is -2.09. The number of amides is 3. The monoisotopic (exact) mass is 601 g/mol. The molecule has 41 heavy (non-hydrogen) atoms. The van der Waals surface area contributed by atoms with Gasteiger partial charge >= 0.3 is 4.87 Å². The van der Waals surface area contributed by atoms with Gasteiger partial charge in [-0.05, 0) is 47.9 Å². The van der Waals surface area contributed by atoms with E-state index in [1.807, 2.05) is 42.5 Å². The maximum absolute atomic E-state index is 13.8. The largest absolute Gasteiger partial charge is 0.469 e. The van der Waals surface area contributed by atoms with Gasteiger partial charge in [0.05, 0.1) is 33.7 Å². The fourth-order valence-electron chi connectivity index (χ4n) is 5.54. The quantitative estimate of drug-likeness (QED) is 0.258. The molecule has 3 aromatic carbocycles. The molecule has 3 amide bonds. The van der Waals surface area contributed by atoms with Crippen LogP contribution in [0.3, 0.4) is 0 Å². The van der Waals surface area contributed by atoms with E-state index in [1.54, 1.807) is 36.4 Å². The molecule has 8 nitrogen and oxygen atoms in total. The summed E-state index contributed by atoms with van der Waals surface area (Å²) in [6.07, 6.45) is 1.50. The van der Waals surface area contributed by atoms with Crippen molar-refractivity contribution in [2.45, 2.75) is 22.7 Å². The third-order valence-electron chi connectivity index (χ3n) is 7.35. The van der Waals surface area contributed by atoms with Gasteiger partial charge in [0.2, 0.25) is 17.7 Å². The van der Waals surface area contributed by atoms with Crippen LogP contribution in [0.1, 0.15) is 16.6 Å². The standard InChI is InChI=1S/C30H20ClN3O5S2/c31-17-10-12-18(13-11-17)34-27(36)24-23(21-9-4-14-39-21)26-29(40-25(24)28(34)37)33(30(38)41-26)15-22(35)32-20-8-3-6-16-5-1-2-7-19(16)20/h1-14,23-25H,15H2,(H,32,35)/t23-,24?,25?/m1/s1. The average molecular weight is 602 g/mol. The predicted octanol–water partition coefficient (Wildman–Crippen LogP) is 5.74. The Kier molecular flexibility index (Phi) is 6.33. The smallest absolute Gasteiger partial charge is 0.308 e. The number of furan rings is 1. The van der Waals surface area contributed by atoms with Crippen LogP contribution in [-0.2, 0) is 20.9 Å². The Morgan fingerprint density at radius 1 is 0.927 bits per heavy atom. The number of thiazole rings is 1. The van der Waals surface area contributed by atoms with Gasteiger partial charge in [0, 0.05) is 16.1 Å². The van der Waals surface area contributed by atoms with E-state index in [0.29, 0.717) is 32.1 Å². The highest BCUT2D eigenvalue weighted by atomic mass is 35.5. The number of nitrogens with one attached hydrogen (secondary N) is 1. The Balaban J connectivity index is 1.25. The van der Waals surface area contributed by atoms with Crippen LogP contribution in [-0.4, -0.2) is 27.5 Å². The Morgan fingerprint density at radius 2 is 1.71 bits per heavy atom. The molecular weight excluding hydrogens is 582 g/mol. The number of halogens is 1. The van der Waals surface area contributed by atoms with E-state index >= 15 is 0 Å². The van der Waals surface area contributed by atoms with Crippen LogP contribution in [0.4, 0.5) is 11.4 Å². The molecule has 2 unspecified atom stereocenters. The van der Waals surface area contributed by atoms with Crippen molar-refractivity contribution in [2.75, 3.05) is 10.2 Å². The number of benzene rings is 3. The lowest BCUT2D eigenvalue weighted by atomic mass is 9.87. The van der Waals surface area contributed by atoms with Crippen LogP contribution in [0.15, 0.2) is 99.4 Å². The first-order valence-electron chi connectivity index (χ1n) is 12.8. The summed E-state index contributed by atoms with van der Waals surface area (Å²) in [6.45, 7) is -0.244. The van der Waals surface area contributed by atoms with Crippen molar-refractivity contribution < 1.29 is 18.8 Å². The summed E-state index contributed by atoms with van der Waals surface area (Å²) in [7, 11) is 0. The topological polar surface area (TPSA) is 102 Å². The lowest BCUT2D eigenvalue weighted by Gasteiger charge is -2.29. The van der Waals surface area contributed by atoms with Gasteiger partial charge in [-0.2, -0.15) is 0 Å². The number of carbonyl (C=O) groups is 3. The van der Waals surface area contributed by atoms with Crippen LogP contribution >= 0.6 is 34.7 Å². The number of imide groups is 1. The maximum Gasteiger partial charge on any atom is 0.308 e. The summed E-state index contributed by atoms with van der Waals surface area (Å²) < 4.78 is 7.12. The van der Waals surface area contributed by atoms with E-state index in [-0.39, 0.29) is 29.1 Å². The van der Waals surface area contributed by atoms with Crippen LogP contribution in [0.5, 0.6) is 0 Å². The lowest BCUT2D eigenvalue weighted by Crippen LogP contribution is -2.32. The van der Waals surface area contributed by atoms with Gasteiger partial charge in [-0.3, -0.25) is 23.7 Å². The molecule has 2 aliphatic rings. The third kappa shape index (κ3) is 4.30. The first kappa shape index (κ1) is 25.8. The molecular formula is C30H20ClN3O5S2. The zero-order chi connectivity index (χ0) is 28.2. The molecule has 1 N–H and O–H groups in total. The van der Waals surface area contributed by atoms with Crippen molar-refractivity contribution in [3.05, 3.63) is 110 Å². The molecule has 0 bridgehead atoms. The minimum Gasteiger partial charge on any atom is -0.469 e. The van der Waals surface area contributed by atoms with Gasteiger partial charge in [-0.1, -0.05) is 71.1 Å². The number of aromatic nitrogens is 1. The second-order valence-electron chi connectivity index (χ2n) is 9.74. The van der Waals surface area contributed by atoms with Crippen LogP contribution < -0.4 is 15.1 Å². The van der Waals surface area contributed by atoms with E-state index < -0.39 is 17.1 Å². The number of carbonyl (C=O) groups excluding carboxylic acids is 3. The highest BCUT2D eigenvalue weighted by Gasteiger charge is 2.57. The summed E-state index contributed by atoms with van der Waals surface area (Å²) in [4.78, 5) is 55.5. The second kappa shape index (κ2) is 10.1. The Hall–Kier alpha value is -4.12. The summed E-state index contributed by atoms with van der Waals surface area (Å²) >= 11 is 8.16. The van der Waals surface area contributed by atoms with Gasteiger partial charge in [0.1, 0.15) is 17.6 Å². The van der Waals surface area contributed by atoms with Crippen molar-refractivity contribution >= 4 is 74.6 Å². The first-order chi connectivity index (χ1) is 19.9. The van der Waals surface area contributed by atoms with E-state index in [2.05, 4.69) is 5.32 Å². The number of thioether (sulfide) groups is 1. The van der Waals surface area contributed by atoms with Gasteiger partial charge < -0.3 is 9.73 Å². The van der Waals surface area contributed by atoms with Crippen molar-refractivity contribution in [3.8, 4) is 0 Å². The number of anilines is 2. The number of hydrogen-bond acceptors (Lipinski definition) is 7. The average Bonchev–Trinajstić information content (AvgIpc) is 3.67. The molecule has 0 saturated carbocycles. The van der Waals surface area contributed by atoms with E-state index in [4.69, 9.17) is 16.0 Å². The minimum absolute atomic E-state index is 0.244. The molecule has 7 rings (SSSR count). The summed E-state index contributed by atoms with van der Waals surface area (Å²) in [5.41, 5.74) is 1.06. The molecule has 2 aliphatic heterocycles. The Labute approximate surface area is 246 Å². The molecule has 0 radical (unpaired) electrons. The molecule has 4 heterocycles. The molecule has 0 aliphatic carbocycles. The second-order valence-corrected chi connectivity index (χ2v) is 12.3. The molecule has 2 aromatic heterocycles. The van der Waals surface area contributed by atoms with Crippen LogP contribution in [0.25, 0.3) is 10.8 Å². The van der Waals surface area contributed by atoms with Crippen molar-refractivity contribution in [3.63, 3.8) is 0 Å².